The van der Waals surface area contributed by atoms with Crippen molar-refractivity contribution in [1.82, 2.24) is 4.90 Å². The number of thioether (sulfide) groups is 1. The van der Waals surface area contributed by atoms with Gasteiger partial charge in [0.05, 0.1) is 17.0 Å². The maximum Gasteiger partial charge on any atom is 0.169 e. The first-order valence-electron chi connectivity index (χ1n) is 5.95. The van der Waals surface area contributed by atoms with E-state index in [9.17, 15) is 4.79 Å². The molecular weight excluding hydrogens is 220 g/mol. The highest BCUT2D eigenvalue weighted by Crippen LogP contribution is 2.44. The van der Waals surface area contributed by atoms with Gasteiger partial charge in [0.2, 0.25) is 0 Å². The van der Waals surface area contributed by atoms with Crippen LogP contribution in [0.5, 0.6) is 0 Å². The van der Waals surface area contributed by atoms with Crippen LogP contribution in [0.25, 0.3) is 0 Å². The number of allylic oxidation sites excluding steroid dienone is 2. The normalized spacial score (nSPS) is 32.6. The monoisotopic (exact) mass is 236 g/mol. The summed E-state index contributed by atoms with van der Waals surface area (Å²) < 4.78 is 0. The molecule has 1 saturated carbocycles. The number of fused-ring (bicyclic) bond motifs is 3. The summed E-state index contributed by atoms with van der Waals surface area (Å²) in [6.45, 7) is 3.70. The molecule has 0 amide bonds. The van der Waals surface area contributed by atoms with Gasteiger partial charge in [-0.25, -0.2) is 0 Å². The molecule has 2 aliphatic heterocycles. The van der Waals surface area contributed by atoms with Crippen molar-refractivity contribution in [2.24, 2.45) is 4.99 Å². The van der Waals surface area contributed by atoms with Crippen molar-refractivity contribution in [1.29, 1.82) is 0 Å². The van der Waals surface area contributed by atoms with Crippen molar-refractivity contribution < 1.29 is 4.79 Å². The van der Waals surface area contributed by atoms with Gasteiger partial charge in [0.15, 0.2) is 11.0 Å². The maximum absolute atomic E-state index is 11.5. The summed E-state index contributed by atoms with van der Waals surface area (Å²) in [6.07, 6.45) is 5.04. The van der Waals surface area contributed by atoms with E-state index in [0.29, 0.717) is 12.1 Å². The molecule has 1 fully saturated rings. The van der Waals surface area contributed by atoms with Gasteiger partial charge in [-0.15, -0.1) is 0 Å². The number of hydrogen-bond donors (Lipinski definition) is 0. The number of carbonyl (C=O) groups excluding carboxylic acids is 1. The van der Waals surface area contributed by atoms with Gasteiger partial charge in [0, 0.05) is 5.70 Å². The van der Waals surface area contributed by atoms with Crippen molar-refractivity contribution in [3.63, 3.8) is 0 Å². The van der Waals surface area contributed by atoms with Gasteiger partial charge in [-0.1, -0.05) is 12.8 Å². The van der Waals surface area contributed by atoms with Gasteiger partial charge in [-0.3, -0.25) is 9.79 Å². The van der Waals surface area contributed by atoms with E-state index in [0.717, 1.165) is 15.8 Å². The van der Waals surface area contributed by atoms with Gasteiger partial charge in [0.1, 0.15) is 0 Å². The van der Waals surface area contributed by atoms with Gasteiger partial charge >= 0.3 is 0 Å². The fraction of sp³-hybridized carbons (Fsp3) is 0.667. The standard InChI is InChI=1S/C12H16N2OS/c1-7-11(8(2)15)16-12-13-9-5-3-4-6-10(9)14(7)12/h9-10H,3-6H2,1-2H3/t9-,10+/m1/s1. The van der Waals surface area contributed by atoms with Crippen LogP contribution in [0.2, 0.25) is 0 Å². The minimum Gasteiger partial charge on any atom is -0.319 e. The van der Waals surface area contributed by atoms with Crippen LogP contribution < -0.4 is 0 Å². The Morgan fingerprint density at radius 2 is 2.19 bits per heavy atom. The van der Waals surface area contributed by atoms with E-state index in [1.54, 1.807) is 18.7 Å². The number of Topliss-reactive ketones (excluding diaryl/α,β-unsaturated/α-hetero) is 1. The summed E-state index contributed by atoms with van der Waals surface area (Å²) in [7, 11) is 0. The Labute approximate surface area is 100.0 Å². The van der Waals surface area contributed by atoms with Crippen LogP contribution in [0.4, 0.5) is 0 Å². The van der Waals surface area contributed by atoms with Crippen LogP contribution in [0.3, 0.4) is 0 Å². The third-order valence-electron chi connectivity index (χ3n) is 3.71. The summed E-state index contributed by atoms with van der Waals surface area (Å²) in [5, 5.41) is 1.07. The average Bonchev–Trinajstić information content (AvgIpc) is 2.75. The Bertz CT molecular complexity index is 413. The first kappa shape index (κ1) is 10.4. The van der Waals surface area contributed by atoms with Crippen molar-refractivity contribution in [2.45, 2.75) is 51.6 Å². The lowest BCUT2D eigenvalue weighted by molar-refractivity contribution is -0.113. The minimum atomic E-state index is 0.173. The molecule has 3 nitrogen and oxygen atoms in total. The second-order valence-electron chi connectivity index (χ2n) is 4.77. The number of rotatable bonds is 1. The second kappa shape index (κ2) is 3.62. The average molecular weight is 236 g/mol. The van der Waals surface area contributed by atoms with Crippen LogP contribution in [-0.4, -0.2) is 27.9 Å². The molecule has 3 aliphatic rings. The van der Waals surface area contributed by atoms with Crippen LogP contribution in [0.1, 0.15) is 39.5 Å². The minimum absolute atomic E-state index is 0.173. The van der Waals surface area contributed by atoms with Gasteiger partial charge in [-0.2, -0.15) is 0 Å². The SMILES string of the molecule is CC(=O)C1=C(C)N2C(=N[C@@H]3CCCC[C@@H]32)S1. The molecule has 0 aromatic heterocycles. The Hall–Kier alpha value is -0.770. The molecule has 0 spiro atoms. The molecule has 16 heavy (non-hydrogen) atoms. The molecule has 0 radical (unpaired) electrons. The van der Waals surface area contributed by atoms with E-state index >= 15 is 0 Å². The summed E-state index contributed by atoms with van der Waals surface area (Å²) in [5.41, 5.74) is 1.13. The second-order valence-corrected chi connectivity index (χ2v) is 5.75. The van der Waals surface area contributed by atoms with Crippen LogP contribution >= 0.6 is 11.8 Å². The van der Waals surface area contributed by atoms with Crippen molar-refractivity contribution in [3.8, 4) is 0 Å². The number of carbonyl (C=O) groups is 1. The van der Waals surface area contributed by atoms with Gasteiger partial charge < -0.3 is 4.90 Å². The molecule has 0 saturated heterocycles. The molecule has 0 N–H and O–H groups in total. The van der Waals surface area contributed by atoms with Crippen molar-refractivity contribution in [3.05, 3.63) is 10.6 Å². The zero-order valence-corrected chi connectivity index (χ0v) is 10.5. The van der Waals surface area contributed by atoms with Crippen molar-refractivity contribution >= 4 is 22.7 Å². The molecule has 4 heteroatoms. The van der Waals surface area contributed by atoms with Gasteiger partial charge in [-0.05, 0) is 38.5 Å². The molecule has 2 atom stereocenters. The molecular formula is C12H16N2OS. The lowest BCUT2D eigenvalue weighted by Gasteiger charge is -2.31. The highest BCUT2D eigenvalue weighted by Gasteiger charge is 2.43. The molecule has 3 rings (SSSR count). The summed E-state index contributed by atoms with van der Waals surface area (Å²) >= 11 is 1.57. The van der Waals surface area contributed by atoms with Crippen LogP contribution in [0, 0.1) is 0 Å². The van der Waals surface area contributed by atoms with Gasteiger partial charge in [0.25, 0.3) is 0 Å². The van der Waals surface area contributed by atoms with Crippen LogP contribution in [0.15, 0.2) is 15.6 Å². The smallest absolute Gasteiger partial charge is 0.169 e. The molecule has 2 heterocycles. The highest BCUT2D eigenvalue weighted by atomic mass is 32.2. The Morgan fingerprint density at radius 1 is 1.44 bits per heavy atom. The fourth-order valence-electron chi connectivity index (χ4n) is 2.96. The lowest BCUT2D eigenvalue weighted by atomic mass is 9.90. The maximum atomic E-state index is 11.5. The topological polar surface area (TPSA) is 32.7 Å². The molecule has 1 aliphatic carbocycles. The predicted octanol–water partition coefficient (Wildman–Crippen LogP) is 2.54. The first-order valence-corrected chi connectivity index (χ1v) is 6.77. The Balaban J connectivity index is 1.93. The Kier molecular flexibility index (Phi) is 2.35. The summed E-state index contributed by atoms with van der Waals surface area (Å²) in [5.74, 6) is 0.173. The number of hydrogen-bond acceptors (Lipinski definition) is 4. The summed E-state index contributed by atoms with van der Waals surface area (Å²) in [4.78, 5) is 19.5. The number of amidine groups is 1. The third kappa shape index (κ3) is 1.35. The van der Waals surface area contributed by atoms with E-state index in [2.05, 4.69) is 11.8 Å². The summed E-state index contributed by atoms with van der Waals surface area (Å²) in [6, 6.07) is 1.02. The molecule has 86 valence electrons. The molecule has 0 bridgehead atoms. The van der Waals surface area contributed by atoms with E-state index in [1.807, 2.05) is 0 Å². The predicted molar refractivity (Wildman–Crippen MR) is 66.3 cm³/mol. The Morgan fingerprint density at radius 3 is 2.94 bits per heavy atom. The third-order valence-corrected chi connectivity index (χ3v) is 4.98. The number of ketones is 1. The molecule has 0 aromatic carbocycles. The van der Waals surface area contributed by atoms with E-state index in [4.69, 9.17) is 4.99 Å². The lowest BCUT2D eigenvalue weighted by Crippen LogP contribution is -2.38. The van der Waals surface area contributed by atoms with Crippen molar-refractivity contribution in [2.75, 3.05) is 0 Å². The molecule has 0 aromatic rings. The fourth-order valence-corrected chi connectivity index (χ4v) is 4.09. The number of aliphatic imine (C=N–C) groups is 1. The van der Waals surface area contributed by atoms with Crippen LogP contribution in [-0.2, 0) is 4.79 Å². The van der Waals surface area contributed by atoms with E-state index in [1.165, 1.54) is 25.7 Å². The zero-order chi connectivity index (χ0) is 11.3. The largest absolute Gasteiger partial charge is 0.319 e. The van der Waals surface area contributed by atoms with E-state index in [-0.39, 0.29) is 5.78 Å². The molecule has 0 unspecified atom stereocenters. The van der Waals surface area contributed by atoms with E-state index < -0.39 is 0 Å². The first-order chi connectivity index (χ1) is 7.68. The quantitative estimate of drug-likeness (QED) is 0.701. The zero-order valence-electron chi connectivity index (χ0n) is 9.69. The highest BCUT2D eigenvalue weighted by molar-refractivity contribution is 8.18. The number of nitrogens with zero attached hydrogens (tertiary/aromatic N) is 2.